The number of hydrogen-bond acceptors (Lipinski definition) is 4. The molecule has 32 heavy (non-hydrogen) atoms. The molecule has 1 aromatic rings. The summed E-state index contributed by atoms with van der Waals surface area (Å²) in [4.78, 5) is 32.2. The van der Waals surface area contributed by atoms with Crippen LogP contribution in [0, 0.1) is 0 Å². The molecule has 3 rings (SSSR count). The van der Waals surface area contributed by atoms with Gasteiger partial charge in [0, 0.05) is 51.4 Å². The van der Waals surface area contributed by atoms with Crippen molar-refractivity contribution in [3.05, 3.63) is 23.9 Å². The molecular formula is C22H32F3N5O2. The van der Waals surface area contributed by atoms with E-state index in [4.69, 9.17) is 0 Å². The molecule has 1 saturated heterocycles. The summed E-state index contributed by atoms with van der Waals surface area (Å²) in [7, 11) is 0. The normalized spacial score (nSPS) is 18.2. The van der Waals surface area contributed by atoms with E-state index < -0.39 is 11.7 Å². The van der Waals surface area contributed by atoms with Crippen LogP contribution < -0.4 is 15.5 Å². The van der Waals surface area contributed by atoms with Crippen LogP contribution in [0.1, 0.15) is 56.9 Å². The molecule has 0 aromatic carbocycles. The van der Waals surface area contributed by atoms with E-state index in [0.29, 0.717) is 51.4 Å². The fourth-order valence-corrected chi connectivity index (χ4v) is 4.22. The Bertz CT molecular complexity index is 751. The summed E-state index contributed by atoms with van der Waals surface area (Å²) in [5.74, 6) is 0.516. The zero-order valence-electron chi connectivity index (χ0n) is 18.3. The first-order valence-corrected chi connectivity index (χ1v) is 11.4. The molecule has 0 unspecified atom stereocenters. The third-order valence-corrected chi connectivity index (χ3v) is 6.04. The fraction of sp³-hybridized carbons (Fsp3) is 0.682. The number of amides is 3. The largest absolute Gasteiger partial charge is 0.417 e. The van der Waals surface area contributed by atoms with E-state index in [-0.39, 0.29) is 18.0 Å². The van der Waals surface area contributed by atoms with Crippen LogP contribution in [0.25, 0.3) is 0 Å². The predicted molar refractivity (Wildman–Crippen MR) is 115 cm³/mol. The Morgan fingerprint density at radius 3 is 2.50 bits per heavy atom. The van der Waals surface area contributed by atoms with Crippen LogP contribution in [-0.4, -0.2) is 60.6 Å². The summed E-state index contributed by atoms with van der Waals surface area (Å²) in [6, 6.07) is 2.50. The average molecular weight is 456 g/mol. The van der Waals surface area contributed by atoms with E-state index in [0.717, 1.165) is 44.4 Å². The van der Waals surface area contributed by atoms with Crippen LogP contribution in [0.4, 0.5) is 23.8 Å². The Kier molecular flexibility index (Phi) is 8.58. The summed E-state index contributed by atoms with van der Waals surface area (Å²) < 4.78 is 38.2. The van der Waals surface area contributed by atoms with E-state index in [9.17, 15) is 22.8 Å². The van der Waals surface area contributed by atoms with Gasteiger partial charge in [-0.05, 0) is 37.8 Å². The van der Waals surface area contributed by atoms with E-state index in [1.54, 1.807) is 4.90 Å². The number of alkyl halides is 3. The zero-order chi connectivity index (χ0) is 23.0. The molecule has 1 saturated carbocycles. The lowest BCUT2D eigenvalue weighted by atomic mass is 9.96. The first-order chi connectivity index (χ1) is 15.3. The van der Waals surface area contributed by atoms with Gasteiger partial charge in [-0.15, -0.1) is 0 Å². The lowest BCUT2D eigenvalue weighted by Gasteiger charge is -2.23. The number of hydrogen-bond donors (Lipinski definition) is 2. The van der Waals surface area contributed by atoms with Crippen molar-refractivity contribution in [2.75, 3.05) is 37.6 Å². The second-order valence-corrected chi connectivity index (χ2v) is 8.46. The molecular weight excluding hydrogens is 423 g/mol. The number of urea groups is 1. The van der Waals surface area contributed by atoms with E-state index >= 15 is 0 Å². The highest BCUT2D eigenvalue weighted by Crippen LogP contribution is 2.29. The minimum Gasteiger partial charge on any atom is -0.355 e. The van der Waals surface area contributed by atoms with Gasteiger partial charge in [0.15, 0.2) is 0 Å². The molecule has 7 nitrogen and oxygen atoms in total. The summed E-state index contributed by atoms with van der Waals surface area (Å²) >= 11 is 0. The van der Waals surface area contributed by atoms with Crippen LogP contribution >= 0.6 is 0 Å². The van der Waals surface area contributed by atoms with Gasteiger partial charge in [-0.3, -0.25) is 4.79 Å². The second-order valence-electron chi connectivity index (χ2n) is 8.46. The first-order valence-electron chi connectivity index (χ1n) is 11.4. The van der Waals surface area contributed by atoms with Gasteiger partial charge in [0.1, 0.15) is 5.82 Å². The number of halogens is 3. The van der Waals surface area contributed by atoms with Crippen molar-refractivity contribution >= 4 is 17.8 Å². The van der Waals surface area contributed by atoms with Crippen molar-refractivity contribution in [3.8, 4) is 0 Å². The van der Waals surface area contributed by atoms with Crippen LogP contribution in [0.3, 0.4) is 0 Å². The highest BCUT2D eigenvalue weighted by atomic mass is 19.4. The number of aromatic nitrogens is 1. The van der Waals surface area contributed by atoms with Crippen LogP contribution in [0.2, 0.25) is 0 Å². The lowest BCUT2D eigenvalue weighted by Crippen LogP contribution is -2.43. The number of pyridine rings is 1. The fourth-order valence-electron chi connectivity index (χ4n) is 4.22. The maximum absolute atomic E-state index is 12.7. The van der Waals surface area contributed by atoms with Gasteiger partial charge in [0.2, 0.25) is 5.91 Å². The minimum absolute atomic E-state index is 0.0294. The van der Waals surface area contributed by atoms with Gasteiger partial charge in [0.25, 0.3) is 0 Å². The monoisotopic (exact) mass is 455 g/mol. The smallest absolute Gasteiger partial charge is 0.355 e. The number of carbonyl (C=O) groups excluding carboxylic acids is 2. The van der Waals surface area contributed by atoms with Crippen molar-refractivity contribution < 1.29 is 22.8 Å². The molecule has 10 heteroatoms. The van der Waals surface area contributed by atoms with Crippen molar-refractivity contribution in [3.63, 3.8) is 0 Å². The van der Waals surface area contributed by atoms with Gasteiger partial charge in [-0.1, -0.05) is 19.3 Å². The molecule has 3 amide bonds. The first kappa shape index (κ1) is 24.1. The number of rotatable bonds is 6. The molecule has 0 spiro atoms. The molecule has 2 fully saturated rings. The summed E-state index contributed by atoms with van der Waals surface area (Å²) in [5, 5.41) is 5.82. The van der Waals surface area contributed by atoms with E-state index in [1.165, 1.54) is 12.5 Å². The predicted octanol–water partition coefficient (Wildman–Crippen LogP) is 3.55. The second kappa shape index (κ2) is 11.4. The van der Waals surface area contributed by atoms with Crippen molar-refractivity contribution in [2.45, 2.75) is 63.6 Å². The quantitative estimate of drug-likeness (QED) is 0.643. The van der Waals surface area contributed by atoms with Crippen molar-refractivity contribution in [1.82, 2.24) is 20.5 Å². The molecule has 2 heterocycles. The maximum atomic E-state index is 12.7. The summed E-state index contributed by atoms with van der Waals surface area (Å²) in [5.41, 5.74) is -0.770. The van der Waals surface area contributed by atoms with Crippen LogP contribution in [-0.2, 0) is 11.0 Å². The standard InChI is InChI=1S/C22H32F3N5O2/c23-22(24,25)17-9-10-19(27-16-17)29-12-5-13-30(15-14-29)20(31)8-4-11-26-21(32)28-18-6-2-1-3-7-18/h9-10,16,18H,1-8,11-15H2,(H2,26,28,32). The molecule has 1 aromatic heterocycles. The Hall–Kier alpha value is -2.52. The van der Waals surface area contributed by atoms with Gasteiger partial charge >= 0.3 is 12.2 Å². The highest BCUT2D eigenvalue weighted by molar-refractivity contribution is 5.76. The number of carbonyl (C=O) groups is 2. The number of nitrogens with zero attached hydrogens (tertiary/aromatic N) is 3. The van der Waals surface area contributed by atoms with Crippen molar-refractivity contribution in [1.29, 1.82) is 0 Å². The SMILES string of the molecule is O=C(NCCCC(=O)N1CCCN(c2ccc(C(F)(F)F)cn2)CC1)NC1CCCCC1. The molecule has 2 N–H and O–H groups in total. The van der Waals surface area contributed by atoms with Crippen LogP contribution in [0.15, 0.2) is 18.3 Å². The highest BCUT2D eigenvalue weighted by Gasteiger charge is 2.31. The van der Waals surface area contributed by atoms with E-state index in [2.05, 4.69) is 15.6 Å². The topological polar surface area (TPSA) is 77.6 Å². The van der Waals surface area contributed by atoms with Gasteiger partial charge in [-0.2, -0.15) is 13.2 Å². The Morgan fingerprint density at radius 1 is 1.03 bits per heavy atom. The Labute approximate surface area is 186 Å². The molecule has 1 aliphatic heterocycles. The van der Waals surface area contributed by atoms with Gasteiger partial charge < -0.3 is 20.4 Å². The Morgan fingerprint density at radius 2 is 1.81 bits per heavy atom. The molecule has 178 valence electrons. The number of nitrogens with one attached hydrogen (secondary N) is 2. The third kappa shape index (κ3) is 7.27. The molecule has 1 aliphatic carbocycles. The third-order valence-electron chi connectivity index (χ3n) is 6.04. The van der Waals surface area contributed by atoms with Crippen molar-refractivity contribution in [2.24, 2.45) is 0 Å². The number of anilines is 1. The molecule has 0 radical (unpaired) electrons. The van der Waals surface area contributed by atoms with E-state index in [1.807, 2.05) is 4.90 Å². The lowest BCUT2D eigenvalue weighted by molar-refractivity contribution is -0.137. The average Bonchev–Trinajstić information content (AvgIpc) is 3.03. The van der Waals surface area contributed by atoms with Crippen LogP contribution in [0.5, 0.6) is 0 Å². The van der Waals surface area contributed by atoms with Gasteiger partial charge in [-0.25, -0.2) is 9.78 Å². The summed E-state index contributed by atoms with van der Waals surface area (Å²) in [6.45, 7) is 2.69. The summed E-state index contributed by atoms with van der Waals surface area (Å²) in [6.07, 6.45) is 3.68. The molecule has 0 bridgehead atoms. The minimum atomic E-state index is -4.40. The maximum Gasteiger partial charge on any atom is 0.417 e. The zero-order valence-corrected chi connectivity index (χ0v) is 18.3. The van der Waals surface area contributed by atoms with Gasteiger partial charge in [0.05, 0.1) is 5.56 Å². The molecule has 2 aliphatic rings. The Balaban J connectivity index is 1.36. The molecule has 0 atom stereocenters.